The Morgan fingerprint density at radius 3 is 2.92 bits per heavy atom. The smallest absolute Gasteiger partial charge is 0.250 e. The molecule has 1 aromatic rings. The van der Waals surface area contributed by atoms with Gasteiger partial charge in [-0.05, 0) is 18.6 Å². The summed E-state index contributed by atoms with van der Waals surface area (Å²) in [5, 5.41) is 8.73. The lowest BCUT2D eigenvalue weighted by molar-refractivity contribution is 0.267. The van der Waals surface area contributed by atoms with E-state index in [0.29, 0.717) is 5.56 Å². The first-order valence-electron chi connectivity index (χ1n) is 3.71. The number of pyridine rings is 1. The van der Waals surface area contributed by atoms with Gasteiger partial charge in [0.05, 0.1) is 12.6 Å². The standard InChI is InChI=1S/C8H12N2O2/c1-5-2-6(7(9)4-11)3-10-8(5)12/h2-3,7,11H,4,9H2,1H3,(H,10,12)/t7-/m0/s1. The van der Waals surface area contributed by atoms with Crippen LogP contribution in [-0.2, 0) is 0 Å². The molecule has 0 spiro atoms. The van der Waals surface area contributed by atoms with Crippen LogP contribution in [0.2, 0.25) is 0 Å². The van der Waals surface area contributed by atoms with Gasteiger partial charge < -0.3 is 15.8 Å². The molecule has 4 heteroatoms. The van der Waals surface area contributed by atoms with Crippen LogP contribution in [0.5, 0.6) is 0 Å². The van der Waals surface area contributed by atoms with Crippen LogP contribution in [0.1, 0.15) is 17.2 Å². The fourth-order valence-electron chi connectivity index (χ4n) is 0.939. The molecule has 12 heavy (non-hydrogen) atoms. The van der Waals surface area contributed by atoms with Gasteiger partial charge in [-0.15, -0.1) is 0 Å². The van der Waals surface area contributed by atoms with Crippen LogP contribution in [0.4, 0.5) is 0 Å². The Balaban J connectivity index is 3.04. The molecule has 4 nitrogen and oxygen atoms in total. The minimum Gasteiger partial charge on any atom is -0.394 e. The van der Waals surface area contributed by atoms with Crippen molar-refractivity contribution in [2.45, 2.75) is 13.0 Å². The third-order valence-electron chi connectivity index (χ3n) is 1.74. The van der Waals surface area contributed by atoms with Crippen molar-refractivity contribution in [1.29, 1.82) is 0 Å². The summed E-state index contributed by atoms with van der Waals surface area (Å²) in [7, 11) is 0. The number of nitrogens with two attached hydrogens (primary N) is 1. The fraction of sp³-hybridized carbons (Fsp3) is 0.375. The Labute approximate surface area is 70.0 Å². The van der Waals surface area contributed by atoms with E-state index in [9.17, 15) is 4.79 Å². The van der Waals surface area contributed by atoms with Crippen molar-refractivity contribution in [2.24, 2.45) is 5.73 Å². The van der Waals surface area contributed by atoms with E-state index >= 15 is 0 Å². The summed E-state index contributed by atoms with van der Waals surface area (Å²) in [5.41, 5.74) is 6.77. The van der Waals surface area contributed by atoms with Crippen LogP contribution in [0.3, 0.4) is 0 Å². The molecule has 4 N–H and O–H groups in total. The summed E-state index contributed by atoms with van der Waals surface area (Å²) in [4.78, 5) is 13.5. The number of aryl methyl sites for hydroxylation is 1. The number of nitrogens with one attached hydrogen (secondary N) is 1. The van der Waals surface area contributed by atoms with E-state index in [0.717, 1.165) is 5.56 Å². The summed E-state index contributed by atoms with van der Waals surface area (Å²) in [5.74, 6) is 0. The molecule has 0 fully saturated rings. The van der Waals surface area contributed by atoms with E-state index in [1.165, 1.54) is 6.20 Å². The number of aromatic amines is 1. The number of rotatable bonds is 2. The molecule has 0 radical (unpaired) electrons. The quantitative estimate of drug-likeness (QED) is 0.566. The zero-order chi connectivity index (χ0) is 9.14. The van der Waals surface area contributed by atoms with Gasteiger partial charge in [0.2, 0.25) is 0 Å². The number of aliphatic hydroxyl groups excluding tert-OH is 1. The molecule has 0 aliphatic carbocycles. The van der Waals surface area contributed by atoms with E-state index in [2.05, 4.69) is 4.98 Å². The molecular weight excluding hydrogens is 156 g/mol. The number of hydrogen-bond donors (Lipinski definition) is 3. The molecule has 0 aliphatic rings. The lowest BCUT2D eigenvalue weighted by Crippen LogP contribution is -2.18. The molecule has 1 atom stereocenters. The first-order chi connectivity index (χ1) is 5.65. The van der Waals surface area contributed by atoms with Crippen molar-refractivity contribution in [1.82, 2.24) is 4.98 Å². The van der Waals surface area contributed by atoms with E-state index in [1.807, 2.05) is 0 Å². The molecule has 0 amide bonds. The van der Waals surface area contributed by atoms with Gasteiger partial charge in [0.1, 0.15) is 0 Å². The summed E-state index contributed by atoms with van der Waals surface area (Å²) in [6.07, 6.45) is 1.52. The van der Waals surface area contributed by atoms with Crippen molar-refractivity contribution < 1.29 is 5.11 Å². The lowest BCUT2D eigenvalue weighted by atomic mass is 10.1. The average Bonchev–Trinajstić information content (AvgIpc) is 2.08. The third-order valence-corrected chi connectivity index (χ3v) is 1.74. The van der Waals surface area contributed by atoms with Gasteiger partial charge in [0.25, 0.3) is 5.56 Å². The first-order valence-corrected chi connectivity index (χ1v) is 3.71. The molecule has 0 saturated heterocycles. The maximum absolute atomic E-state index is 10.9. The van der Waals surface area contributed by atoms with Crippen LogP contribution in [0.25, 0.3) is 0 Å². The van der Waals surface area contributed by atoms with Crippen molar-refractivity contribution in [3.8, 4) is 0 Å². The highest BCUT2D eigenvalue weighted by molar-refractivity contribution is 5.19. The van der Waals surface area contributed by atoms with Crippen molar-refractivity contribution >= 4 is 0 Å². The van der Waals surface area contributed by atoms with E-state index in [1.54, 1.807) is 13.0 Å². The van der Waals surface area contributed by atoms with Gasteiger partial charge in [0, 0.05) is 11.8 Å². The van der Waals surface area contributed by atoms with Crippen molar-refractivity contribution in [3.05, 3.63) is 33.7 Å². The molecule has 0 aliphatic heterocycles. The minimum atomic E-state index is -0.416. The van der Waals surface area contributed by atoms with Crippen LogP contribution < -0.4 is 11.3 Å². The third kappa shape index (κ3) is 1.72. The maximum atomic E-state index is 10.9. The number of aliphatic hydroxyl groups is 1. The predicted molar refractivity (Wildman–Crippen MR) is 45.8 cm³/mol. The predicted octanol–water partition coefficient (Wildman–Crippen LogP) is -0.325. The summed E-state index contributed by atoms with van der Waals surface area (Å²) < 4.78 is 0. The molecule has 1 aromatic heterocycles. The lowest BCUT2D eigenvalue weighted by Gasteiger charge is -2.07. The highest BCUT2D eigenvalue weighted by Crippen LogP contribution is 2.06. The second-order valence-corrected chi connectivity index (χ2v) is 2.73. The Bertz CT molecular complexity index is 319. The van der Waals surface area contributed by atoms with Crippen LogP contribution >= 0.6 is 0 Å². The van der Waals surface area contributed by atoms with Gasteiger partial charge in [-0.2, -0.15) is 0 Å². The minimum absolute atomic E-state index is 0.120. The monoisotopic (exact) mass is 168 g/mol. The second kappa shape index (κ2) is 3.51. The topological polar surface area (TPSA) is 79.1 Å². The molecule has 66 valence electrons. The van der Waals surface area contributed by atoms with Gasteiger partial charge in [0.15, 0.2) is 0 Å². The molecular formula is C8H12N2O2. The average molecular weight is 168 g/mol. The van der Waals surface area contributed by atoms with Crippen LogP contribution in [-0.4, -0.2) is 16.7 Å². The van der Waals surface area contributed by atoms with E-state index < -0.39 is 6.04 Å². The van der Waals surface area contributed by atoms with E-state index in [4.69, 9.17) is 10.8 Å². The molecule has 1 heterocycles. The SMILES string of the molecule is Cc1cc([C@@H](N)CO)c[nH]c1=O. The van der Waals surface area contributed by atoms with Gasteiger partial charge in [-0.25, -0.2) is 0 Å². The first kappa shape index (κ1) is 8.96. The molecule has 0 unspecified atom stereocenters. The normalized spacial score (nSPS) is 12.9. The fourth-order valence-corrected chi connectivity index (χ4v) is 0.939. The van der Waals surface area contributed by atoms with Gasteiger partial charge >= 0.3 is 0 Å². The molecule has 0 saturated carbocycles. The Morgan fingerprint density at radius 2 is 2.42 bits per heavy atom. The van der Waals surface area contributed by atoms with Crippen molar-refractivity contribution in [2.75, 3.05) is 6.61 Å². The van der Waals surface area contributed by atoms with E-state index in [-0.39, 0.29) is 12.2 Å². The van der Waals surface area contributed by atoms with Crippen LogP contribution in [0.15, 0.2) is 17.1 Å². The summed E-state index contributed by atoms with van der Waals surface area (Å²) >= 11 is 0. The number of hydrogen-bond acceptors (Lipinski definition) is 3. The molecule has 0 bridgehead atoms. The summed E-state index contributed by atoms with van der Waals surface area (Å²) in [6, 6.07) is 1.26. The highest BCUT2D eigenvalue weighted by atomic mass is 16.3. The highest BCUT2D eigenvalue weighted by Gasteiger charge is 2.04. The largest absolute Gasteiger partial charge is 0.394 e. The Morgan fingerprint density at radius 1 is 1.75 bits per heavy atom. The number of H-pyrrole nitrogens is 1. The Kier molecular flexibility index (Phi) is 2.62. The van der Waals surface area contributed by atoms with Crippen molar-refractivity contribution in [3.63, 3.8) is 0 Å². The van der Waals surface area contributed by atoms with Gasteiger partial charge in [-0.3, -0.25) is 4.79 Å². The van der Waals surface area contributed by atoms with Gasteiger partial charge in [-0.1, -0.05) is 0 Å². The summed E-state index contributed by atoms with van der Waals surface area (Å²) in [6.45, 7) is 1.58. The van der Waals surface area contributed by atoms with Crippen LogP contribution in [0, 0.1) is 6.92 Å². The Hall–Kier alpha value is -1.13. The molecule has 0 aromatic carbocycles. The second-order valence-electron chi connectivity index (χ2n) is 2.73. The molecule has 1 rings (SSSR count). The zero-order valence-electron chi connectivity index (χ0n) is 6.87. The number of aromatic nitrogens is 1. The zero-order valence-corrected chi connectivity index (χ0v) is 6.87. The maximum Gasteiger partial charge on any atom is 0.250 e.